The Balaban J connectivity index is 1.27. The fourth-order valence-electron chi connectivity index (χ4n) is 7.94. The molecule has 3 unspecified atom stereocenters. The lowest BCUT2D eigenvalue weighted by molar-refractivity contribution is -0.274. The normalized spacial score (nSPS) is 24.6. The highest BCUT2D eigenvalue weighted by Gasteiger charge is 2.54. The van der Waals surface area contributed by atoms with Crippen molar-refractivity contribution in [2.24, 2.45) is 13.0 Å². The molecule has 0 bridgehead atoms. The largest absolute Gasteiger partial charge is 0.466 e. The average molecular weight is 728 g/mol. The molecule has 50 heavy (non-hydrogen) atoms. The summed E-state index contributed by atoms with van der Waals surface area (Å²) in [7, 11) is 1.90. The Labute approximate surface area is 304 Å². The van der Waals surface area contributed by atoms with Crippen LogP contribution in [0.25, 0.3) is 10.9 Å². The Morgan fingerprint density at radius 1 is 0.960 bits per heavy atom. The van der Waals surface area contributed by atoms with Crippen LogP contribution in [0, 0.1) is 5.92 Å². The molecule has 0 spiro atoms. The Hall–Kier alpha value is -2.99. The third-order valence-corrected chi connectivity index (χ3v) is 10.9. The lowest BCUT2D eigenvalue weighted by atomic mass is 9.87. The number of likely N-dealkylation sites (tertiary alicyclic amines) is 1. The van der Waals surface area contributed by atoms with Gasteiger partial charge in [0, 0.05) is 61.8 Å². The molecule has 2 saturated heterocycles. The number of benzene rings is 2. The predicted octanol–water partition coefficient (Wildman–Crippen LogP) is 6.85. The molecule has 3 aliphatic rings. The summed E-state index contributed by atoms with van der Waals surface area (Å²) in [6.07, 6.45) is 5.88. The van der Waals surface area contributed by atoms with E-state index in [1.54, 1.807) is 18.3 Å². The number of para-hydroxylation sites is 1. The smallest absolute Gasteiger partial charge is 0.308 e. The van der Waals surface area contributed by atoms with Gasteiger partial charge in [-0.25, -0.2) is 0 Å². The number of hydrogen-bond donors (Lipinski definition) is 1. The maximum atomic E-state index is 15.0. The summed E-state index contributed by atoms with van der Waals surface area (Å²) in [6, 6.07) is 11.0. The fraction of sp³-hybridized carbons (Fsp3) is 0.553. The van der Waals surface area contributed by atoms with Crippen LogP contribution in [-0.4, -0.2) is 89.0 Å². The number of hydrogen-bond acceptors (Lipinski definition) is 8. The number of esters is 1. The van der Waals surface area contributed by atoms with Gasteiger partial charge in [0.05, 0.1) is 47.1 Å². The van der Waals surface area contributed by atoms with Crippen LogP contribution >= 0.6 is 23.2 Å². The first-order valence-corrected chi connectivity index (χ1v) is 18.6. The fourth-order valence-corrected chi connectivity index (χ4v) is 8.41. The van der Waals surface area contributed by atoms with Crippen LogP contribution in [-0.2, 0) is 37.3 Å². The minimum atomic E-state index is -1.35. The number of rotatable bonds is 11. The summed E-state index contributed by atoms with van der Waals surface area (Å²) in [5.74, 6) is -2.10. The summed E-state index contributed by atoms with van der Waals surface area (Å²) in [6.45, 7) is 8.72. The monoisotopic (exact) mass is 726 g/mol. The molecule has 1 amide bonds. The third-order valence-electron chi connectivity index (χ3n) is 10.2. The number of anilines is 1. The number of ether oxygens (including phenoxy) is 3. The van der Waals surface area contributed by atoms with Crippen LogP contribution in [0.3, 0.4) is 0 Å². The molecule has 270 valence electrons. The standard InChI is InChI=1S/C38H48Cl2N4O6/c1-5-48-37(47)26-12-14-28(15-13-26)50-38(43-16-8-9-17-43,44-21-24(2)49-25(3)22-44)35(45)19-27-18-32(40)33(20-31(27)39)41-36(46)30-23-42(4)34-11-7-6-10-29(30)34/h6-7,10-11,18,20,23-26,28H,5,8-9,12-17,19,21-22H2,1-4H3,(H,41,46). The first-order chi connectivity index (χ1) is 24.0. The molecule has 6 rings (SSSR count). The molecule has 12 heteroatoms. The molecule has 2 aliphatic heterocycles. The predicted molar refractivity (Wildman–Crippen MR) is 195 cm³/mol. The first kappa shape index (κ1) is 36.8. The minimum Gasteiger partial charge on any atom is -0.466 e. The number of nitrogens with zero attached hydrogens (tertiary/aromatic N) is 3. The molecule has 3 atom stereocenters. The van der Waals surface area contributed by atoms with E-state index in [-0.39, 0.29) is 53.3 Å². The first-order valence-electron chi connectivity index (χ1n) is 17.9. The van der Waals surface area contributed by atoms with Crippen molar-refractivity contribution in [2.75, 3.05) is 38.1 Å². The van der Waals surface area contributed by atoms with Crippen molar-refractivity contribution in [3.05, 3.63) is 63.8 Å². The molecule has 3 fully saturated rings. The van der Waals surface area contributed by atoms with Gasteiger partial charge in [0.2, 0.25) is 5.85 Å². The van der Waals surface area contributed by atoms with E-state index in [9.17, 15) is 9.59 Å². The number of morpholine rings is 1. The lowest BCUT2D eigenvalue weighted by Gasteiger charge is -2.52. The number of aryl methyl sites for hydroxylation is 1. The van der Waals surface area contributed by atoms with Crippen molar-refractivity contribution in [3.8, 4) is 0 Å². The van der Waals surface area contributed by atoms with Gasteiger partial charge in [-0.3, -0.25) is 24.2 Å². The van der Waals surface area contributed by atoms with Gasteiger partial charge in [-0.2, -0.15) is 0 Å². The summed E-state index contributed by atoms with van der Waals surface area (Å²) in [4.78, 5) is 45.3. The summed E-state index contributed by atoms with van der Waals surface area (Å²) >= 11 is 13.7. The minimum absolute atomic E-state index is 0.0229. The zero-order chi connectivity index (χ0) is 35.6. The van der Waals surface area contributed by atoms with Crippen molar-refractivity contribution in [3.63, 3.8) is 0 Å². The van der Waals surface area contributed by atoms with Crippen LogP contribution in [0.1, 0.15) is 75.2 Å². The molecule has 1 N–H and O–H groups in total. The molecule has 1 aromatic heterocycles. The van der Waals surface area contributed by atoms with E-state index in [1.165, 1.54) is 0 Å². The van der Waals surface area contributed by atoms with Crippen molar-refractivity contribution in [1.82, 2.24) is 14.4 Å². The van der Waals surface area contributed by atoms with Crippen LogP contribution < -0.4 is 5.32 Å². The molecular weight excluding hydrogens is 679 g/mol. The Bertz CT molecular complexity index is 1710. The van der Waals surface area contributed by atoms with E-state index in [2.05, 4.69) is 15.1 Å². The van der Waals surface area contributed by atoms with Gasteiger partial charge >= 0.3 is 5.97 Å². The Morgan fingerprint density at radius 2 is 1.64 bits per heavy atom. The quantitative estimate of drug-likeness (QED) is 0.214. The molecule has 3 aromatic rings. The maximum Gasteiger partial charge on any atom is 0.308 e. The summed E-state index contributed by atoms with van der Waals surface area (Å²) in [5, 5.41) is 4.36. The van der Waals surface area contributed by atoms with Gasteiger partial charge in [-0.1, -0.05) is 41.4 Å². The summed E-state index contributed by atoms with van der Waals surface area (Å²) in [5.41, 5.74) is 2.38. The SMILES string of the molecule is CCOC(=O)C1CCC(OC(C(=O)Cc2cc(Cl)c(NC(=O)c3cn(C)c4ccccc34)cc2Cl)(N2CCCC2)N2CC(C)OC(C)C2)CC1. The highest BCUT2D eigenvalue weighted by atomic mass is 35.5. The highest BCUT2D eigenvalue weighted by Crippen LogP contribution is 2.39. The Kier molecular flexibility index (Phi) is 11.6. The third kappa shape index (κ3) is 7.61. The maximum absolute atomic E-state index is 15.0. The average Bonchev–Trinajstić information content (AvgIpc) is 3.75. The van der Waals surface area contributed by atoms with Crippen LogP contribution in [0.2, 0.25) is 10.0 Å². The molecule has 0 radical (unpaired) electrons. The molecule has 1 saturated carbocycles. The van der Waals surface area contributed by atoms with Crippen molar-refractivity contribution >= 4 is 57.5 Å². The second-order valence-corrected chi connectivity index (χ2v) is 14.8. The topological polar surface area (TPSA) is 102 Å². The zero-order valence-corrected chi connectivity index (χ0v) is 30.9. The molecular formula is C38H48Cl2N4O6. The van der Waals surface area contributed by atoms with Crippen molar-refractivity contribution < 1.29 is 28.6 Å². The van der Waals surface area contributed by atoms with Gasteiger partial charge in [0.1, 0.15) is 0 Å². The number of nitrogens with one attached hydrogen (secondary N) is 1. The van der Waals surface area contributed by atoms with Crippen molar-refractivity contribution in [2.45, 2.75) is 89.9 Å². The van der Waals surface area contributed by atoms with Gasteiger partial charge < -0.3 is 24.1 Å². The number of halogens is 2. The number of aromatic nitrogens is 1. The number of carbonyl (C=O) groups excluding carboxylic acids is 3. The van der Waals surface area contributed by atoms with Crippen molar-refractivity contribution in [1.29, 1.82) is 0 Å². The van der Waals surface area contributed by atoms with Crippen LogP contribution in [0.15, 0.2) is 42.6 Å². The number of carbonyl (C=O) groups is 3. The number of fused-ring (bicyclic) bond motifs is 1. The van der Waals surface area contributed by atoms with E-state index in [1.807, 2.05) is 56.7 Å². The molecule has 10 nitrogen and oxygen atoms in total. The van der Waals surface area contributed by atoms with Gasteiger partial charge in [0.15, 0.2) is 5.78 Å². The zero-order valence-electron chi connectivity index (χ0n) is 29.4. The Morgan fingerprint density at radius 3 is 2.32 bits per heavy atom. The van der Waals surface area contributed by atoms with E-state index in [4.69, 9.17) is 37.4 Å². The number of ketones is 1. The summed E-state index contributed by atoms with van der Waals surface area (Å²) < 4.78 is 20.4. The van der Waals surface area contributed by atoms with E-state index in [0.29, 0.717) is 67.2 Å². The highest BCUT2D eigenvalue weighted by molar-refractivity contribution is 6.36. The van der Waals surface area contributed by atoms with Crippen LogP contribution in [0.5, 0.6) is 0 Å². The van der Waals surface area contributed by atoms with Gasteiger partial charge in [-0.15, -0.1) is 0 Å². The number of Topliss-reactive ketones (excluding diaryl/α,β-unsaturated/α-hetero) is 1. The van der Waals surface area contributed by atoms with Crippen LogP contribution in [0.4, 0.5) is 5.69 Å². The van der Waals surface area contributed by atoms with E-state index in [0.717, 1.165) is 36.8 Å². The van der Waals surface area contributed by atoms with E-state index >= 15 is 4.79 Å². The second kappa shape index (κ2) is 15.7. The second-order valence-electron chi connectivity index (χ2n) is 14.0. The van der Waals surface area contributed by atoms with Gasteiger partial charge in [0.25, 0.3) is 5.91 Å². The van der Waals surface area contributed by atoms with E-state index < -0.39 is 5.85 Å². The van der Waals surface area contributed by atoms with Gasteiger partial charge in [-0.05, 0) is 83.1 Å². The number of amides is 1. The molecule has 2 aromatic carbocycles. The lowest BCUT2D eigenvalue weighted by Crippen LogP contribution is -2.71. The molecule has 1 aliphatic carbocycles. The molecule has 3 heterocycles.